The van der Waals surface area contributed by atoms with Crippen LogP contribution < -0.4 is 10.6 Å². The molecule has 0 saturated heterocycles. The second kappa shape index (κ2) is 8.72. The Labute approximate surface area is 169 Å². The maximum absolute atomic E-state index is 12.8. The first-order valence-electron chi connectivity index (χ1n) is 8.98. The van der Waals surface area contributed by atoms with Crippen LogP contribution in [-0.2, 0) is 0 Å². The molecule has 3 aromatic carbocycles. The zero-order chi connectivity index (χ0) is 20.1. The molecule has 3 aromatic rings. The molecule has 142 valence electrons. The van der Waals surface area contributed by atoms with Crippen LogP contribution in [0.25, 0.3) is 0 Å². The first-order chi connectivity index (χ1) is 13.5. The minimum atomic E-state index is -0.360. The number of carbonyl (C=O) groups is 2. The van der Waals surface area contributed by atoms with E-state index < -0.39 is 0 Å². The van der Waals surface area contributed by atoms with Gasteiger partial charge in [-0.05, 0) is 49.2 Å². The summed E-state index contributed by atoms with van der Waals surface area (Å²) in [6.07, 6.45) is 0. The number of amides is 2. The standard InChI is InChI=1S/C23H21ClN2O2/c1-15-12-13-18(20(24)14-15)22(27)26-21-11-7-6-10-19(21)23(28)25-16(2)17-8-4-3-5-9-17/h3-14,16H,1-2H3,(H,25,28)(H,26,27). The van der Waals surface area contributed by atoms with Gasteiger partial charge in [0.05, 0.1) is 27.9 Å². The third-order valence-electron chi connectivity index (χ3n) is 4.44. The molecule has 2 N–H and O–H groups in total. The first kappa shape index (κ1) is 19.6. The lowest BCUT2D eigenvalue weighted by molar-refractivity contribution is 0.0941. The maximum Gasteiger partial charge on any atom is 0.257 e. The van der Waals surface area contributed by atoms with Gasteiger partial charge in [-0.1, -0.05) is 60.1 Å². The van der Waals surface area contributed by atoms with E-state index in [9.17, 15) is 9.59 Å². The molecule has 0 aliphatic heterocycles. The van der Waals surface area contributed by atoms with Crippen LogP contribution in [0.2, 0.25) is 5.02 Å². The van der Waals surface area contributed by atoms with Gasteiger partial charge in [-0.15, -0.1) is 0 Å². The van der Waals surface area contributed by atoms with Crippen LogP contribution in [0.15, 0.2) is 72.8 Å². The van der Waals surface area contributed by atoms with Gasteiger partial charge < -0.3 is 10.6 Å². The summed E-state index contributed by atoms with van der Waals surface area (Å²) >= 11 is 6.19. The van der Waals surface area contributed by atoms with E-state index in [1.165, 1.54) is 0 Å². The van der Waals surface area contributed by atoms with E-state index in [4.69, 9.17) is 11.6 Å². The van der Waals surface area contributed by atoms with Crippen molar-refractivity contribution in [1.29, 1.82) is 0 Å². The van der Waals surface area contributed by atoms with Gasteiger partial charge in [0.15, 0.2) is 0 Å². The molecule has 0 aliphatic rings. The number of carbonyl (C=O) groups excluding carboxylic acids is 2. The summed E-state index contributed by atoms with van der Waals surface area (Å²) in [6.45, 7) is 3.82. The molecule has 0 saturated carbocycles. The summed E-state index contributed by atoms with van der Waals surface area (Å²) in [4.78, 5) is 25.4. The van der Waals surface area contributed by atoms with E-state index in [0.717, 1.165) is 11.1 Å². The molecule has 5 heteroatoms. The molecule has 0 aliphatic carbocycles. The fourth-order valence-corrected chi connectivity index (χ4v) is 3.20. The number of para-hydroxylation sites is 1. The molecule has 0 aromatic heterocycles. The molecule has 0 bridgehead atoms. The van der Waals surface area contributed by atoms with E-state index in [2.05, 4.69) is 10.6 Å². The highest BCUT2D eigenvalue weighted by Crippen LogP contribution is 2.22. The second-order valence-corrected chi connectivity index (χ2v) is 7.00. The molecule has 4 nitrogen and oxygen atoms in total. The van der Waals surface area contributed by atoms with Crippen molar-refractivity contribution in [1.82, 2.24) is 5.32 Å². The quantitative estimate of drug-likeness (QED) is 0.611. The van der Waals surface area contributed by atoms with Gasteiger partial charge in [-0.3, -0.25) is 9.59 Å². The number of hydrogen-bond acceptors (Lipinski definition) is 2. The summed E-state index contributed by atoms with van der Waals surface area (Å²) in [5.74, 6) is -0.622. The molecular weight excluding hydrogens is 372 g/mol. The zero-order valence-corrected chi connectivity index (χ0v) is 16.5. The average Bonchev–Trinajstić information content (AvgIpc) is 2.68. The van der Waals surface area contributed by atoms with Crippen molar-refractivity contribution in [2.75, 3.05) is 5.32 Å². The Kier molecular flexibility index (Phi) is 6.12. The van der Waals surface area contributed by atoms with E-state index in [1.54, 1.807) is 36.4 Å². The highest BCUT2D eigenvalue weighted by atomic mass is 35.5. The topological polar surface area (TPSA) is 58.2 Å². The maximum atomic E-state index is 12.8. The highest BCUT2D eigenvalue weighted by Gasteiger charge is 2.17. The lowest BCUT2D eigenvalue weighted by Crippen LogP contribution is -2.28. The van der Waals surface area contributed by atoms with Crippen molar-refractivity contribution >= 4 is 29.1 Å². The number of nitrogens with one attached hydrogen (secondary N) is 2. The minimum absolute atomic E-state index is 0.163. The van der Waals surface area contributed by atoms with Crippen LogP contribution in [0, 0.1) is 6.92 Å². The van der Waals surface area contributed by atoms with Crippen molar-refractivity contribution in [3.05, 3.63) is 100 Å². The molecule has 0 spiro atoms. The second-order valence-electron chi connectivity index (χ2n) is 6.59. The normalized spacial score (nSPS) is 11.5. The van der Waals surface area contributed by atoms with Crippen LogP contribution >= 0.6 is 11.6 Å². The van der Waals surface area contributed by atoms with Gasteiger partial charge in [0.25, 0.3) is 11.8 Å². The smallest absolute Gasteiger partial charge is 0.257 e. The first-order valence-corrected chi connectivity index (χ1v) is 9.36. The SMILES string of the molecule is Cc1ccc(C(=O)Nc2ccccc2C(=O)NC(C)c2ccccc2)c(Cl)c1. The fourth-order valence-electron chi connectivity index (χ4n) is 2.88. The molecule has 1 unspecified atom stereocenters. The Morgan fingerprint density at radius 1 is 0.857 bits per heavy atom. The monoisotopic (exact) mass is 392 g/mol. The third kappa shape index (κ3) is 4.59. The van der Waals surface area contributed by atoms with Crippen LogP contribution in [0.5, 0.6) is 0 Å². The Hall–Kier alpha value is -3.11. The van der Waals surface area contributed by atoms with E-state index >= 15 is 0 Å². The average molecular weight is 393 g/mol. The molecular formula is C23H21ClN2O2. The van der Waals surface area contributed by atoms with Gasteiger partial charge in [-0.2, -0.15) is 0 Å². The van der Waals surface area contributed by atoms with E-state index in [0.29, 0.717) is 21.8 Å². The number of aryl methyl sites for hydroxylation is 1. The number of anilines is 1. The third-order valence-corrected chi connectivity index (χ3v) is 4.75. The molecule has 0 fully saturated rings. The lowest BCUT2D eigenvalue weighted by Gasteiger charge is -2.16. The Morgan fingerprint density at radius 3 is 2.25 bits per heavy atom. The van der Waals surface area contributed by atoms with Crippen molar-refractivity contribution in [3.63, 3.8) is 0 Å². The van der Waals surface area contributed by atoms with Crippen LogP contribution in [0.3, 0.4) is 0 Å². The predicted octanol–water partition coefficient (Wildman–Crippen LogP) is 5.39. The number of rotatable bonds is 5. The molecule has 1 atom stereocenters. The molecule has 0 radical (unpaired) electrons. The summed E-state index contributed by atoms with van der Waals surface area (Å²) in [5.41, 5.74) is 3.16. The fraction of sp³-hybridized carbons (Fsp3) is 0.130. The number of benzene rings is 3. The summed E-state index contributed by atoms with van der Waals surface area (Å²) < 4.78 is 0. The highest BCUT2D eigenvalue weighted by molar-refractivity contribution is 6.34. The molecule has 0 heterocycles. The van der Waals surface area contributed by atoms with Gasteiger partial charge >= 0.3 is 0 Å². The predicted molar refractivity (Wildman–Crippen MR) is 113 cm³/mol. The minimum Gasteiger partial charge on any atom is -0.345 e. The van der Waals surface area contributed by atoms with Gasteiger partial charge in [-0.25, -0.2) is 0 Å². The summed E-state index contributed by atoms with van der Waals surface area (Å²) in [6, 6.07) is 21.7. The van der Waals surface area contributed by atoms with Crippen LogP contribution in [-0.4, -0.2) is 11.8 Å². The van der Waals surface area contributed by atoms with Crippen LogP contribution in [0.1, 0.15) is 44.8 Å². The van der Waals surface area contributed by atoms with Crippen LogP contribution in [0.4, 0.5) is 5.69 Å². The van der Waals surface area contributed by atoms with E-state index in [-0.39, 0.29) is 17.9 Å². The van der Waals surface area contributed by atoms with Crippen molar-refractivity contribution in [2.45, 2.75) is 19.9 Å². The zero-order valence-electron chi connectivity index (χ0n) is 15.7. The number of hydrogen-bond donors (Lipinski definition) is 2. The largest absolute Gasteiger partial charge is 0.345 e. The van der Waals surface area contributed by atoms with E-state index in [1.807, 2.05) is 50.2 Å². The van der Waals surface area contributed by atoms with Crippen molar-refractivity contribution in [2.24, 2.45) is 0 Å². The Morgan fingerprint density at radius 2 is 1.54 bits per heavy atom. The Bertz CT molecular complexity index is 1000. The summed E-state index contributed by atoms with van der Waals surface area (Å²) in [7, 11) is 0. The van der Waals surface area contributed by atoms with Crippen molar-refractivity contribution in [3.8, 4) is 0 Å². The van der Waals surface area contributed by atoms with Gasteiger partial charge in [0, 0.05) is 0 Å². The van der Waals surface area contributed by atoms with Gasteiger partial charge in [0.2, 0.25) is 0 Å². The Balaban J connectivity index is 1.79. The summed E-state index contributed by atoms with van der Waals surface area (Å²) in [5, 5.41) is 6.14. The molecule has 3 rings (SSSR count). The van der Waals surface area contributed by atoms with Crippen molar-refractivity contribution < 1.29 is 9.59 Å². The van der Waals surface area contributed by atoms with Gasteiger partial charge in [0.1, 0.15) is 0 Å². The molecule has 2 amide bonds. The lowest BCUT2D eigenvalue weighted by atomic mass is 10.1. The number of halogens is 1. The molecule has 28 heavy (non-hydrogen) atoms.